The molecule has 0 bridgehead atoms. The Labute approximate surface area is 211 Å². The molecule has 8 nitrogen and oxygen atoms in total. The molecule has 37 heavy (non-hydrogen) atoms. The van der Waals surface area contributed by atoms with Gasteiger partial charge >= 0.3 is 6.18 Å². The summed E-state index contributed by atoms with van der Waals surface area (Å²) in [6.45, 7) is 2.53. The summed E-state index contributed by atoms with van der Waals surface area (Å²) < 4.78 is 86.4. The first kappa shape index (κ1) is 28.8. The second kappa shape index (κ2) is 10.9. The van der Waals surface area contributed by atoms with Crippen LogP contribution in [0, 0.1) is 11.2 Å². The number of hydroxylamine groups is 1. The van der Waals surface area contributed by atoms with Crippen molar-refractivity contribution in [3.05, 3.63) is 59.4 Å². The van der Waals surface area contributed by atoms with E-state index in [-0.39, 0.29) is 23.6 Å². The molecule has 2 aromatic carbocycles. The first-order valence-electron chi connectivity index (χ1n) is 11.5. The van der Waals surface area contributed by atoms with Crippen molar-refractivity contribution in [2.24, 2.45) is 5.41 Å². The van der Waals surface area contributed by atoms with Gasteiger partial charge in [-0.1, -0.05) is 13.8 Å². The Bertz CT molecular complexity index is 1220. The fraction of sp³-hybridized carbons (Fsp3) is 0.458. The van der Waals surface area contributed by atoms with Gasteiger partial charge in [0.15, 0.2) is 0 Å². The van der Waals surface area contributed by atoms with Crippen LogP contribution >= 0.6 is 0 Å². The topological polar surface area (TPSA) is 116 Å². The normalized spacial score (nSPS) is 20.4. The van der Waals surface area contributed by atoms with Gasteiger partial charge in [0.1, 0.15) is 24.2 Å². The zero-order valence-corrected chi connectivity index (χ0v) is 20.9. The van der Waals surface area contributed by atoms with Crippen molar-refractivity contribution in [2.45, 2.75) is 62.9 Å². The van der Waals surface area contributed by atoms with Crippen LogP contribution in [0.3, 0.4) is 0 Å². The number of piperidine rings is 1. The number of hydrogen-bond acceptors (Lipinski definition) is 6. The molecule has 1 amide bonds. The van der Waals surface area contributed by atoms with Crippen LogP contribution in [0.4, 0.5) is 17.6 Å². The summed E-state index contributed by atoms with van der Waals surface area (Å²) in [6, 6.07) is 5.46. The van der Waals surface area contributed by atoms with E-state index in [0.717, 1.165) is 16.4 Å². The summed E-state index contributed by atoms with van der Waals surface area (Å²) in [5, 5.41) is 19.8. The molecule has 1 aliphatic heterocycles. The number of sulfonamides is 1. The van der Waals surface area contributed by atoms with Crippen molar-refractivity contribution in [1.29, 1.82) is 0 Å². The number of benzene rings is 2. The average molecular weight is 549 g/mol. The maximum atomic E-state index is 13.5. The van der Waals surface area contributed by atoms with Gasteiger partial charge in [0.05, 0.1) is 16.6 Å². The van der Waals surface area contributed by atoms with Gasteiger partial charge in [-0.3, -0.25) is 10.0 Å². The van der Waals surface area contributed by atoms with Gasteiger partial charge in [0.2, 0.25) is 10.0 Å². The lowest BCUT2D eigenvalue weighted by molar-refractivity contribution is -0.143. The first-order valence-corrected chi connectivity index (χ1v) is 13.0. The molecule has 2 aromatic rings. The minimum atomic E-state index is -4.72. The Morgan fingerprint density at radius 2 is 1.78 bits per heavy atom. The third-order valence-electron chi connectivity index (χ3n) is 6.87. The minimum absolute atomic E-state index is 0.0242. The fourth-order valence-corrected chi connectivity index (χ4v) is 6.57. The lowest BCUT2D eigenvalue weighted by Gasteiger charge is -2.49. The molecule has 0 spiro atoms. The quantitative estimate of drug-likeness (QED) is 0.262. The third-order valence-corrected chi connectivity index (χ3v) is 8.71. The van der Waals surface area contributed by atoms with E-state index in [1.54, 1.807) is 13.8 Å². The molecule has 1 fully saturated rings. The van der Waals surface area contributed by atoms with E-state index in [0.29, 0.717) is 31.0 Å². The van der Waals surface area contributed by atoms with Gasteiger partial charge in [-0.15, -0.1) is 0 Å². The SMILES string of the molecule is CCC1(CC)CC(O)CN(S(=O)(=O)c2ccc(OCc3cc(F)ccc3C(F)(F)F)cc2)C1C(=O)NO. The number of halogens is 4. The highest BCUT2D eigenvalue weighted by atomic mass is 32.2. The lowest BCUT2D eigenvalue weighted by atomic mass is 9.69. The second-order valence-electron chi connectivity index (χ2n) is 8.94. The molecule has 0 aromatic heterocycles. The van der Waals surface area contributed by atoms with Crippen LogP contribution in [0.5, 0.6) is 5.75 Å². The Balaban J connectivity index is 1.88. The molecule has 1 heterocycles. The number of aliphatic hydroxyl groups is 1. The van der Waals surface area contributed by atoms with Crippen molar-refractivity contribution in [3.8, 4) is 5.75 Å². The third kappa shape index (κ3) is 5.89. The van der Waals surface area contributed by atoms with Crippen LogP contribution in [0.15, 0.2) is 47.4 Å². The van der Waals surface area contributed by atoms with Crippen molar-refractivity contribution >= 4 is 15.9 Å². The second-order valence-corrected chi connectivity index (χ2v) is 10.8. The Kier molecular flexibility index (Phi) is 8.52. The predicted octanol–water partition coefficient (Wildman–Crippen LogP) is 3.86. The number of nitrogens with one attached hydrogen (secondary N) is 1. The molecular weight excluding hydrogens is 520 g/mol. The molecule has 3 rings (SSSR count). The van der Waals surface area contributed by atoms with E-state index >= 15 is 0 Å². The summed E-state index contributed by atoms with van der Waals surface area (Å²) in [4.78, 5) is 12.4. The van der Waals surface area contributed by atoms with Gasteiger partial charge in [-0.05, 0) is 67.1 Å². The molecule has 0 radical (unpaired) electrons. The number of carbonyl (C=O) groups excluding carboxylic acids is 1. The number of hydrogen-bond donors (Lipinski definition) is 3. The molecule has 2 unspecified atom stereocenters. The average Bonchev–Trinajstić information content (AvgIpc) is 2.85. The van der Waals surface area contributed by atoms with E-state index in [1.807, 2.05) is 0 Å². The Morgan fingerprint density at radius 3 is 2.32 bits per heavy atom. The largest absolute Gasteiger partial charge is 0.489 e. The highest BCUT2D eigenvalue weighted by Gasteiger charge is 2.53. The number of β-amino-alcohol motifs (C(OH)–C–C–N with tert-alkyl or cyclic N) is 1. The van der Waals surface area contributed by atoms with Crippen LogP contribution in [0.25, 0.3) is 0 Å². The zero-order chi connectivity index (χ0) is 27.6. The summed E-state index contributed by atoms with van der Waals surface area (Å²) in [5.74, 6) is -1.76. The first-order chi connectivity index (χ1) is 17.3. The standard InChI is InChI=1S/C24H28F4N2O6S/c1-3-23(4-2)12-17(31)13-30(21(23)22(32)29-33)37(34,35)19-8-6-18(7-9-19)36-14-15-11-16(25)5-10-20(15)24(26,27)28/h5-11,17,21,31,33H,3-4,12-14H2,1-2H3,(H,29,32). The van der Waals surface area contributed by atoms with Crippen molar-refractivity contribution in [2.75, 3.05) is 6.54 Å². The molecule has 0 aliphatic carbocycles. The number of carbonyl (C=O) groups is 1. The lowest BCUT2D eigenvalue weighted by Crippen LogP contribution is -2.63. The molecule has 3 N–H and O–H groups in total. The number of amides is 1. The van der Waals surface area contributed by atoms with Crippen molar-refractivity contribution in [3.63, 3.8) is 0 Å². The van der Waals surface area contributed by atoms with E-state index in [9.17, 15) is 41.1 Å². The fourth-order valence-electron chi connectivity index (χ4n) is 4.86. The van der Waals surface area contributed by atoms with Gasteiger partial charge < -0.3 is 9.84 Å². The van der Waals surface area contributed by atoms with Crippen molar-refractivity contribution < 1.29 is 45.8 Å². The Hall–Kier alpha value is -2.74. The summed E-state index contributed by atoms with van der Waals surface area (Å²) in [7, 11) is -4.36. The summed E-state index contributed by atoms with van der Waals surface area (Å²) in [6.07, 6.45) is -4.88. The van der Waals surface area contributed by atoms with Gasteiger partial charge in [-0.25, -0.2) is 18.3 Å². The summed E-state index contributed by atoms with van der Waals surface area (Å²) in [5.41, 5.74) is -0.881. The Morgan fingerprint density at radius 1 is 1.16 bits per heavy atom. The highest BCUT2D eigenvalue weighted by molar-refractivity contribution is 7.89. The van der Waals surface area contributed by atoms with E-state index in [2.05, 4.69) is 0 Å². The zero-order valence-electron chi connectivity index (χ0n) is 20.1. The molecule has 13 heteroatoms. The van der Waals surface area contributed by atoms with Crippen molar-refractivity contribution in [1.82, 2.24) is 9.79 Å². The maximum absolute atomic E-state index is 13.5. The number of nitrogens with zero attached hydrogens (tertiary/aromatic N) is 1. The van der Waals surface area contributed by atoms with E-state index < -0.39 is 63.2 Å². The minimum Gasteiger partial charge on any atom is -0.489 e. The molecule has 204 valence electrons. The van der Waals surface area contributed by atoms with Crippen LogP contribution in [-0.4, -0.2) is 47.6 Å². The number of aliphatic hydroxyl groups excluding tert-OH is 1. The van der Waals surface area contributed by atoms with Gasteiger partial charge in [-0.2, -0.15) is 17.5 Å². The predicted molar refractivity (Wildman–Crippen MR) is 123 cm³/mol. The highest BCUT2D eigenvalue weighted by Crippen LogP contribution is 2.44. The van der Waals surface area contributed by atoms with Crippen LogP contribution in [0.2, 0.25) is 0 Å². The molecule has 1 saturated heterocycles. The number of ether oxygens (including phenoxy) is 1. The number of rotatable bonds is 8. The number of alkyl halides is 3. The van der Waals surface area contributed by atoms with Crippen LogP contribution in [-0.2, 0) is 27.6 Å². The van der Waals surface area contributed by atoms with E-state index in [4.69, 9.17) is 4.74 Å². The van der Waals surface area contributed by atoms with Gasteiger partial charge in [0, 0.05) is 12.1 Å². The maximum Gasteiger partial charge on any atom is 0.416 e. The summed E-state index contributed by atoms with van der Waals surface area (Å²) >= 11 is 0. The molecule has 2 atom stereocenters. The van der Waals surface area contributed by atoms with Crippen LogP contribution < -0.4 is 10.2 Å². The molecule has 1 aliphatic rings. The molecular formula is C24H28F4N2O6S. The van der Waals surface area contributed by atoms with Gasteiger partial charge in [0.25, 0.3) is 5.91 Å². The smallest absolute Gasteiger partial charge is 0.416 e. The van der Waals surface area contributed by atoms with E-state index in [1.165, 1.54) is 17.6 Å². The monoisotopic (exact) mass is 548 g/mol. The van der Waals surface area contributed by atoms with Crippen LogP contribution in [0.1, 0.15) is 44.2 Å². The molecule has 0 saturated carbocycles.